The van der Waals surface area contributed by atoms with Crippen molar-refractivity contribution in [3.05, 3.63) is 55.2 Å². The maximum atomic E-state index is 12.4. The summed E-state index contributed by atoms with van der Waals surface area (Å²) in [6.45, 7) is 2.45. The van der Waals surface area contributed by atoms with Gasteiger partial charge in [0.15, 0.2) is 10.9 Å². The SMILES string of the molecule is CCn1c(SCC(=O)c2ccc(I)cc2)nc2ccsc2c1=O. The molecule has 0 N–H and O–H groups in total. The molecule has 1 aromatic carbocycles. The minimum atomic E-state index is -0.0308. The van der Waals surface area contributed by atoms with E-state index >= 15 is 0 Å². The van der Waals surface area contributed by atoms with E-state index in [0.717, 1.165) is 3.57 Å². The van der Waals surface area contributed by atoms with Gasteiger partial charge >= 0.3 is 0 Å². The van der Waals surface area contributed by atoms with E-state index in [1.165, 1.54) is 23.1 Å². The number of thiophene rings is 1. The molecular weight excluding hydrogens is 443 g/mol. The van der Waals surface area contributed by atoms with Gasteiger partial charge in [-0.05, 0) is 53.1 Å². The second kappa shape index (κ2) is 7.14. The third-order valence-corrected chi connectivity index (χ3v) is 5.93. The Hall–Kier alpha value is -1.19. The largest absolute Gasteiger partial charge is 0.293 e. The molecule has 118 valence electrons. The molecule has 0 aliphatic heterocycles. The molecule has 0 saturated carbocycles. The molecule has 7 heteroatoms. The Balaban J connectivity index is 1.85. The Morgan fingerprint density at radius 3 is 2.74 bits per heavy atom. The van der Waals surface area contributed by atoms with Crippen LogP contribution in [0.3, 0.4) is 0 Å². The van der Waals surface area contributed by atoms with Gasteiger partial charge in [0.1, 0.15) is 4.70 Å². The summed E-state index contributed by atoms with van der Waals surface area (Å²) in [7, 11) is 0. The van der Waals surface area contributed by atoms with Crippen molar-refractivity contribution in [2.45, 2.75) is 18.6 Å². The first-order chi connectivity index (χ1) is 11.1. The number of thioether (sulfide) groups is 1. The normalized spacial score (nSPS) is 11.0. The smallest absolute Gasteiger partial charge is 0.272 e. The van der Waals surface area contributed by atoms with Crippen LogP contribution in [0.25, 0.3) is 10.2 Å². The third-order valence-electron chi connectivity index (χ3n) is 3.35. The van der Waals surface area contributed by atoms with E-state index in [1.807, 2.05) is 42.6 Å². The Bertz CT molecular complexity index is 916. The summed E-state index contributed by atoms with van der Waals surface area (Å²) in [5, 5.41) is 2.46. The number of halogens is 1. The van der Waals surface area contributed by atoms with E-state index < -0.39 is 0 Å². The molecular formula is C16H13IN2O2S2. The second-order valence-electron chi connectivity index (χ2n) is 4.80. The van der Waals surface area contributed by atoms with Gasteiger partial charge in [-0.15, -0.1) is 11.3 Å². The first-order valence-corrected chi connectivity index (χ1v) is 9.94. The molecule has 0 spiro atoms. The molecule has 0 amide bonds. The van der Waals surface area contributed by atoms with Crippen LogP contribution in [0.2, 0.25) is 0 Å². The zero-order valence-electron chi connectivity index (χ0n) is 12.3. The van der Waals surface area contributed by atoms with Crippen molar-refractivity contribution in [2.75, 3.05) is 5.75 Å². The summed E-state index contributed by atoms with van der Waals surface area (Å²) in [6.07, 6.45) is 0. The van der Waals surface area contributed by atoms with Gasteiger partial charge in [-0.1, -0.05) is 23.9 Å². The summed E-state index contributed by atoms with van der Waals surface area (Å²) in [5.41, 5.74) is 1.35. The van der Waals surface area contributed by atoms with Crippen molar-refractivity contribution in [2.24, 2.45) is 0 Å². The maximum absolute atomic E-state index is 12.4. The minimum absolute atomic E-state index is 0.0308. The molecule has 0 saturated heterocycles. The number of benzene rings is 1. The fourth-order valence-electron chi connectivity index (χ4n) is 2.16. The number of hydrogen-bond donors (Lipinski definition) is 0. The molecule has 23 heavy (non-hydrogen) atoms. The molecule has 2 heterocycles. The van der Waals surface area contributed by atoms with E-state index in [2.05, 4.69) is 27.6 Å². The highest BCUT2D eigenvalue weighted by Crippen LogP contribution is 2.21. The Labute approximate surface area is 155 Å². The van der Waals surface area contributed by atoms with Gasteiger partial charge in [-0.2, -0.15) is 0 Å². The van der Waals surface area contributed by atoms with Gasteiger partial charge in [0.2, 0.25) is 0 Å². The molecule has 3 rings (SSSR count). The first kappa shape index (κ1) is 16.7. The summed E-state index contributed by atoms with van der Waals surface area (Å²) in [5.74, 6) is 0.302. The quantitative estimate of drug-likeness (QED) is 0.252. The van der Waals surface area contributed by atoms with E-state index in [0.29, 0.717) is 27.5 Å². The Morgan fingerprint density at radius 1 is 1.30 bits per heavy atom. The van der Waals surface area contributed by atoms with Crippen molar-refractivity contribution in [3.63, 3.8) is 0 Å². The van der Waals surface area contributed by atoms with Gasteiger partial charge in [0.05, 0.1) is 11.3 Å². The molecule has 4 nitrogen and oxygen atoms in total. The van der Waals surface area contributed by atoms with E-state index in [4.69, 9.17) is 0 Å². The lowest BCUT2D eigenvalue weighted by molar-refractivity contribution is 0.102. The van der Waals surface area contributed by atoms with Crippen LogP contribution < -0.4 is 5.56 Å². The molecule has 0 fully saturated rings. The number of carbonyl (C=O) groups excluding carboxylic acids is 1. The predicted octanol–water partition coefficient (Wildman–Crippen LogP) is 4.06. The van der Waals surface area contributed by atoms with E-state index in [9.17, 15) is 9.59 Å². The van der Waals surface area contributed by atoms with Crippen LogP contribution in [0, 0.1) is 3.57 Å². The van der Waals surface area contributed by atoms with E-state index in [1.54, 1.807) is 4.57 Å². The summed E-state index contributed by atoms with van der Waals surface area (Å²) >= 11 is 4.93. The zero-order chi connectivity index (χ0) is 16.4. The number of carbonyl (C=O) groups is 1. The summed E-state index contributed by atoms with van der Waals surface area (Å²) in [6, 6.07) is 9.32. The zero-order valence-corrected chi connectivity index (χ0v) is 16.1. The first-order valence-electron chi connectivity index (χ1n) is 6.99. The molecule has 3 aromatic rings. The standard InChI is InChI=1S/C16H13IN2O2S2/c1-2-19-15(21)14-12(7-8-22-14)18-16(19)23-9-13(20)10-3-5-11(17)6-4-10/h3-8H,2,9H2,1H3. The van der Waals surface area contributed by atoms with Crippen LogP contribution in [-0.2, 0) is 6.54 Å². The van der Waals surface area contributed by atoms with Gasteiger partial charge in [0, 0.05) is 15.7 Å². The molecule has 0 radical (unpaired) electrons. The van der Waals surface area contributed by atoms with Gasteiger partial charge in [0.25, 0.3) is 5.56 Å². The van der Waals surface area contributed by atoms with Crippen LogP contribution in [-0.4, -0.2) is 21.1 Å². The third kappa shape index (κ3) is 3.51. The molecule has 0 aliphatic rings. The fraction of sp³-hybridized carbons (Fsp3) is 0.188. The van der Waals surface area contributed by atoms with Crippen LogP contribution >= 0.6 is 45.7 Å². The summed E-state index contributed by atoms with van der Waals surface area (Å²) < 4.78 is 3.39. The molecule has 2 aromatic heterocycles. The molecule has 0 bridgehead atoms. The van der Waals surface area contributed by atoms with Crippen LogP contribution in [0.5, 0.6) is 0 Å². The van der Waals surface area contributed by atoms with Crippen LogP contribution in [0.1, 0.15) is 17.3 Å². The van der Waals surface area contributed by atoms with Crippen LogP contribution in [0.15, 0.2) is 45.7 Å². The van der Waals surface area contributed by atoms with Gasteiger partial charge < -0.3 is 0 Å². The minimum Gasteiger partial charge on any atom is -0.293 e. The van der Waals surface area contributed by atoms with Gasteiger partial charge in [-0.3, -0.25) is 14.2 Å². The van der Waals surface area contributed by atoms with Gasteiger partial charge in [-0.25, -0.2) is 4.98 Å². The molecule has 0 aliphatic carbocycles. The number of hydrogen-bond acceptors (Lipinski definition) is 5. The van der Waals surface area contributed by atoms with Crippen molar-refractivity contribution in [1.29, 1.82) is 0 Å². The Kier molecular flexibility index (Phi) is 5.17. The number of rotatable bonds is 5. The molecule has 0 unspecified atom stereocenters. The highest BCUT2D eigenvalue weighted by molar-refractivity contribution is 14.1. The van der Waals surface area contributed by atoms with Crippen LogP contribution in [0.4, 0.5) is 0 Å². The number of aromatic nitrogens is 2. The highest BCUT2D eigenvalue weighted by Gasteiger charge is 2.14. The number of fused-ring (bicyclic) bond motifs is 1. The monoisotopic (exact) mass is 456 g/mol. The Morgan fingerprint density at radius 2 is 2.04 bits per heavy atom. The van der Waals surface area contributed by atoms with Crippen molar-refractivity contribution in [3.8, 4) is 0 Å². The number of Topliss-reactive ketones (excluding diaryl/α,β-unsaturated/α-hetero) is 1. The van der Waals surface area contributed by atoms with Crippen molar-refractivity contribution >= 4 is 61.7 Å². The topological polar surface area (TPSA) is 52.0 Å². The summed E-state index contributed by atoms with van der Waals surface area (Å²) in [4.78, 5) is 29.2. The lowest BCUT2D eigenvalue weighted by Gasteiger charge is -2.09. The average molecular weight is 456 g/mol. The van der Waals surface area contributed by atoms with Crippen molar-refractivity contribution < 1.29 is 4.79 Å². The van der Waals surface area contributed by atoms with E-state index in [-0.39, 0.29) is 17.1 Å². The maximum Gasteiger partial charge on any atom is 0.272 e. The molecule has 0 atom stereocenters. The lowest BCUT2D eigenvalue weighted by atomic mass is 10.2. The average Bonchev–Trinajstić information content (AvgIpc) is 3.02. The highest BCUT2D eigenvalue weighted by atomic mass is 127. The number of nitrogens with zero attached hydrogens (tertiary/aromatic N) is 2. The predicted molar refractivity (Wildman–Crippen MR) is 104 cm³/mol. The second-order valence-corrected chi connectivity index (χ2v) is 7.90. The number of ketones is 1. The fourth-order valence-corrected chi connectivity index (χ4v) is 4.26. The van der Waals surface area contributed by atoms with Crippen molar-refractivity contribution in [1.82, 2.24) is 9.55 Å². The lowest BCUT2D eigenvalue weighted by Crippen LogP contribution is -2.22.